The molecule has 0 radical (unpaired) electrons. The van der Waals surface area contributed by atoms with Crippen molar-refractivity contribution in [2.75, 3.05) is 6.54 Å². The number of halogens is 1. The summed E-state index contributed by atoms with van der Waals surface area (Å²) in [5.41, 5.74) is 5.18. The summed E-state index contributed by atoms with van der Waals surface area (Å²) in [6.45, 7) is -0.226. The highest BCUT2D eigenvalue weighted by Gasteiger charge is 2.22. The minimum absolute atomic E-state index is 0.226. The van der Waals surface area contributed by atoms with E-state index < -0.39 is 17.8 Å². The molecular formula is C30H24BrN3O4. The largest absolute Gasteiger partial charge is 0.423 e. The molecule has 0 aliphatic rings. The topological polar surface area (TPSA) is 96.9 Å². The third-order valence-corrected chi connectivity index (χ3v) is 6.23. The molecule has 7 nitrogen and oxygen atoms in total. The van der Waals surface area contributed by atoms with E-state index in [1.54, 1.807) is 42.5 Å². The van der Waals surface area contributed by atoms with Crippen molar-refractivity contribution in [1.29, 1.82) is 0 Å². The van der Waals surface area contributed by atoms with Crippen LogP contribution in [0.1, 0.15) is 33.0 Å². The average Bonchev–Trinajstić information content (AvgIpc) is 2.94. The maximum Gasteiger partial charge on any atom is 0.344 e. The molecule has 8 heteroatoms. The van der Waals surface area contributed by atoms with Crippen LogP contribution in [0.2, 0.25) is 0 Å². The van der Waals surface area contributed by atoms with Crippen molar-refractivity contribution in [3.05, 3.63) is 136 Å². The first kappa shape index (κ1) is 26.5. The van der Waals surface area contributed by atoms with Gasteiger partial charge in [-0.15, -0.1) is 0 Å². The number of benzene rings is 4. The molecular weight excluding hydrogens is 546 g/mol. The summed E-state index contributed by atoms with van der Waals surface area (Å²) in [5, 5.41) is 6.64. The summed E-state index contributed by atoms with van der Waals surface area (Å²) < 4.78 is 6.04. The smallest absolute Gasteiger partial charge is 0.344 e. The molecule has 38 heavy (non-hydrogen) atoms. The number of rotatable bonds is 9. The van der Waals surface area contributed by atoms with Crippen molar-refractivity contribution >= 4 is 39.9 Å². The second-order valence-corrected chi connectivity index (χ2v) is 9.06. The molecule has 2 amide bonds. The van der Waals surface area contributed by atoms with Gasteiger partial charge < -0.3 is 10.1 Å². The molecule has 0 atom stereocenters. The van der Waals surface area contributed by atoms with Crippen molar-refractivity contribution in [3.8, 4) is 5.75 Å². The number of hydrazone groups is 1. The molecule has 0 spiro atoms. The molecule has 4 aromatic rings. The lowest BCUT2D eigenvalue weighted by atomic mass is 9.90. The Morgan fingerprint density at radius 3 is 1.97 bits per heavy atom. The van der Waals surface area contributed by atoms with Crippen LogP contribution in [-0.4, -0.2) is 30.5 Å². The van der Waals surface area contributed by atoms with E-state index in [9.17, 15) is 14.4 Å². The molecule has 0 fully saturated rings. The number of ether oxygens (including phenoxy) is 1. The first-order valence-electron chi connectivity index (χ1n) is 11.8. The normalized spacial score (nSPS) is 10.8. The van der Waals surface area contributed by atoms with Crippen LogP contribution < -0.4 is 15.5 Å². The molecule has 0 saturated carbocycles. The van der Waals surface area contributed by atoms with Crippen molar-refractivity contribution in [2.24, 2.45) is 5.10 Å². The molecule has 0 aliphatic carbocycles. The van der Waals surface area contributed by atoms with Gasteiger partial charge in [-0.05, 0) is 69.0 Å². The van der Waals surface area contributed by atoms with Crippen molar-refractivity contribution in [2.45, 2.75) is 5.92 Å². The quantitative estimate of drug-likeness (QED) is 0.127. The highest BCUT2D eigenvalue weighted by molar-refractivity contribution is 9.10. The molecule has 0 bridgehead atoms. The Hall–Kier alpha value is -4.56. The molecule has 0 unspecified atom stereocenters. The highest BCUT2D eigenvalue weighted by Crippen LogP contribution is 2.24. The van der Waals surface area contributed by atoms with Crippen LogP contribution in [0.25, 0.3) is 0 Å². The Kier molecular flexibility index (Phi) is 9.15. The lowest BCUT2D eigenvalue weighted by Gasteiger charge is -2.17. The standard InChI is InChI=1S/C30H24BrN3O4/c31-26-14-8-7-13-25(26)30(37)38-24-17-15-21(16-18-24)19-33-34-27(35)20-32-29(36)28(22-9-3-1-4-10-22)23-11-5-2-6-12-23/h1-19,28H,20H2,(H,32,36)(H,34,35). The summed E-state index contributed by atoms with van der Waals surface area (Å²) in [7, 11) is 0. The molecule has 0 aromatic heterocycles. The van der Waals surface area contributed by atoms with Gasteiger partial charge in [-0.3, -0.25) is 9.59 Å². The van der Waals surface area contributed by atoms with E-state index in [0.717, 1.165) is 11.1 Å². The van der Waals surface area contributed by atoms with Crippen LogP contribution in [0.5, 0.6) is 5.75 Å². The van der Waals surface area contributed by atoms with Crippen LogP contribution in [-0.2, 0) is 9.59 Å². The van der Waals surface area contributed by atoms with Gasteiger partial charge in [0.25, 0.3) is 5.91 Å². The number of amides is 2. The van der Waals surface area contributed by atoms with E-state index in [-0.39, 0.29) is 12.5 Å². The predicted octanol–water partition coefficient (Wildman–Crippen LogP) is 5.07. The minimum atomic E-state index is -0.538. The average molecular weight is 570 g/mol. The van der Waals surface area contributed by atoms with Gasteiger partial charge in [0, 0.05) is 4.47 Å². The zero-order valence-corrected chi connectivity index (χ0v) is 21.8. The number of hydrogen-bond donors (Lipinski definition) is 2. The summed E-state index contributed by atoms with van der Waals surface area (Å²) in [5.74, 6) is -1.39. The molecule has 190 valence electrons. The van der Waals surface area contributed by atoms with Gasteiger partial charge in [-0.2, -0.15) is 5.10 Å². The fourth-order valence-corrected chi connectivity index (χ4v) is 4.13. The molecule has 0 heterocycles. The van der Waals surface area contributed by atoms with E-state index >= 15 is 0 Å². The van der Waals surface area contributed by atoms with Gasteiger partial charge in [0.15, 0.2) is 0 Å². The van der Waals surface area contributed by atoms with E-state index in [0.29, 0.717) is 21.3 Å². The van der Waals surface area contributed by atoms with E-state index in [2.05, 4.69) is 31.8 Å². The number of esters is 1. The second-order valence-electron chi connectivity index (χ2n) is 8.20. The summed E-state index contributed by atoms with van der Waals surface area (Å²) in [6.07, 6.45) is 1.45. The van der Waals surface area contributed by atoms with Gasteiger partial charge in [0.2, 0.25) is 5.91 Å². The number of hydrogen-bond acceptors (Lipinski definition) is 5. The zero-order chi connectivity index (χ0) is 26.7. The third kappa shape index (κ3) is 7.24. The zero-order valence-electron chi connectivity index (χ0n) is 20.2. The summed E-state index contributed by atoms with van der Waals surface area (Å²) in [4.78, 5) is 37.6. The van der Waals surface area contributed by atoms with Crippen molar-refractivity contribution in [1.82, 2.24) is 10.7 Å². The lowest BCUT2D eigenvalue weighted by Crippen LogP contribution is -2.37. The molecule has 4 aromatic carbocycles. The fourth-order valence-electron chi connectivity index (χ4n) is 3.68. The van der Waals surface area contributed by atoms with Crippen LogP contribution in [0.4, 0.5) is 0 Å². The fraction of sp³-hybridized carbons (Fsp3) is 0.0667. The highest BCUT2D eigenvalue weighted by atomic mass is 79.9. The number of nitrogens with one attached hydrogen (secondary N) is 2. The van der Waals surface area contributed by atoms with Gasteiger partial charge in [-0.25, -0.2) is 10.2 Å². The van der Waals surface area contributed by atoms with Gasteiger partial charge in [0.05, 0.1) is 24.2 Å². The van der Waals surface area contributed by atoms with Crippen LogP contribution in [0.15, 0.2) is 119 Å². The Bertz CT molecular complexity index is 1390. The molecule has 0 aliphatic heterocycles. The second kappa shape index (κ2) is 13.1. The lowest BCUT2D eigenvalue weighted by molar-refractivity contribution is -0.126. The number of carbonyl (C=O) groups is 3. The SMILES string of the molecule is O=C(CNC(=O)C(c1ccccc1)c1ccccc1)NN=Cc1ccc(OC(=O)c2ccccc2Br)cc1. The van der Waals surface area contributed by atoms with Crippen LogP contribution >= 0.6 is 15.9 Å². The van der Waals surface area contributed by atoms with E-state index in [4.69, 9.17) is 4.74 Å². The van der Waals surface area contributed by atoms with Crippen LogP contribution in [0.3, 0.4) is 0 Å². The Morgan fingerprint density at radius 2 is 1.37 bits per heavy atom. The maximum absolute atomic E-state index is 13.0. The summed E-state index contributed by atoms with van der Waals surface area (Å²) in [6, 6.07) is 32.5. The van der Waals surface area contributed by atoms with Gasteiger partial charge >= 0.3 is 5.97 Å². The number of carbonyl (C=O) groups excluding carboxylic acids is 3. The third-order valence-electron chi connectivity index (χ3n) is 5.54. The first-order valence-corrected chi connectivity index (χ1v) is 12.6. The first-order chi connectivity index (χ1) is 18.5. The monoisotopic (exact) mass is 569 g/mol. The molecule has 0 saturated heterocycles. The Labute approximate surface area is 228 Å². The van der Waals surface area contributed by atoms with Gasteiger partial charge in [0.1, 0.15) is 5.75 Å². The summed E-state index contributed by atoms with van der Waals surface area (Å²) >= 11 is 3.33. The Morgan fingerprint density at radius 1 is 0.789 bits per heavy atom. The molecule has 2 N–H and O–H groups in total. The molecule has 4 rings (SSSR count). The Balaban J connectivity index is 1.28. The maximum atomic E-state index is 13.0. The predicted molar refractivity (Wildman–Crippen MR) is 149 cm³/mol. The van der Waals surface area contributed by atoms with E-state index in [1.807, 2.05) is 66.7 Å². The number of nitrogens with zero attached hydrogens (tertiary/aromatic N) is 1. The van der Waals surface area contributed by atoms with Crippen LogP contribution in [0, 0.1) is 0 Å². The van der Waals surface area contributed by atoms with Crippen molar-refractivity contribution in [3.63, 3.8) is 0 Å². The van der Waals surface area contributed by atoms with E-state index in [1.165, 1.54) is 6.21 Å². The minimum Gasteiger partial charge on any atom is -0.423 e. The van der Waals surface area contributed by atoms with Gasteiger partial charge in [-0.1, -0.05) is 72.8 Å². The van der Waals surface area contributed by atoms with Crippen molar-refractivity contribution < 1.29 is 19.1 Å².